The minimum absolute atomic E-state index is 0.0465. The van der Waals surface area contributed by atoms with E-state index in [1.807, 2.05) is 24.3 Å². The molecule has 1 fully saturated rings. The monoisotopic (exact) mass is 532 g/mol. The first-order valence-electron chi connectivity index (χ1n) is 12.5. The van der Waals surface area contributed by atoms with Gasteiger partial charge in [-0.05, 0) is 67.4 Å². The number of aromatic amines is 1. The van der Waals surface area contributed by atoms with Crippen LogP contribution in [0.15, 0.2) is 83.9 Å². The van der Waals surface area contributed by atoms with Crippen molar-refractivity contribution in [1.29, 1.82) is 0 Å². The maximum atomic E-state index is 13.5. The van der Waals surface area contributed by atoms with Gasteiger partial charge < -0.3 is 9.88 Å². The summed E-state index contributed by atoms with van der Waals surface area (Å²) in [7, 11) is 0. The molecule has 0 saturated carbocycles. The first-order chi connectivity index (χ1) is 18.8. The van der Waals surface area contributed by atoms with Crippen LogP contribution in [0.2, 0.25) is 0 Å². The van der Waals surface area contributed by atoms with E-state index in [1.165, 1.54) is 16.8 Å². The largest absolute Gasteiger partial charge is 0.416 e. The number of carbonyl (C=O) groups is 1. The minimum Gasteiger partial charge on any atom is -0.337 e. The van der Waals surface area contributed by atoms with Crippen LogP contribution in [-0.2, 0) is 6.18 Å². The first kappa shape index (κ1) is 24.7. The second kappa shape index (κ2) is 9.57. The van der Waals surface area contributed by atoms with Crippen LogP contribution in [0.25, 0.3) is 28.0 Å². The van der Waals surface area contributed by atoms with Gasteiger partial charge in [-0.1, -0.05) is 12.1 Å². The third-order valence-corrected chi connectivity index (χ3v) is 7.08. The summed E-state index contributed by atoms with van der Waals surface area (Å²) in [4.78, 5) is 34.7. The fourth-order valence-corrected chi connectivity index (χ4v) is 5.13. The third-order valence-electron chi connectivity index (χ3n) is 7.08. The van der Waals surface area contributed by atoms with Crippen molar-refractivity contribution in [3.05, 3.63) is 101 Å². The minimum atomic E-state index is -4.46. The van der Waals surface area contributed by atoms with Gasteiger partial charge in [0.15, 0.2) is 5.69 Å². The number of likely N-dealkylation sites (tertiary alicyclic amines) is 1. The van der Waals surface area contributed by atoms with Crippen LogP contribution in [0.5, 0.6) is 0 Å². The molecule has 11 heteroatoms. The highest BCUT2D eigenvalue weighted by atomic mass is 19.4. The lowest BCUT2D eigenvalue weighted by molar-refractivity contribution is -0.137. The second-order valence-corrected chi connectivity index (χ2v) is 9.45. The summed E-state index contributed by atoms with van der Waals surface area (Å²) in [6.45, 7) is 0.875. The van der Waals surface area contributed by atoms with E-state index < -0.39 is 11.7 Å². The van der Waals surface area contributed by atoms with Crippen molar-refractivity contribution in [3.8, 4) is 16.9 Å². The Morgan fingerprint density at radius 3 is 2.33 bits per heavy atom. The smallest absolute Gasteiger partial charge is 0.337 e. The van der Waals surface area contributed by atoms with Gasteiger partial charge in [-0.15, -0.1) is 0 Å². The predicted octanol–water partition coefficient (Wildman–Crippen LogP) is 5.07. The van der Waals surface area contributed by atoms with E-state index in [-0.39, 0.29) is 23.3 Å². The highest BCUT2D eigenvalue weighted by molar-refractivity contribution is 5.93. The van der Waals surface area contributed by atoms with Crippen LogP contribution < -0.4 is 5.69 Å². The molecule has 1 saturated heterocycles. The lowest BCUT2D eigenvalue weighted by Crippen LogP contribution is -2.40. The Morgan fingerprint density at radius 1 is 0.949 bits per heavy atom. The number of alkyl halides is 3. The van der Waals surface area contributed by atoms with Gasteiger partial charge in [-0.2, -0.15) is 18.3 Å². The first-order valence-corrected chi connectivity index (χ1v) is 12.5. The highest BCUT2D eigenvalue weighted by Gasteiger charge is 2.31. The van der Waals surface area contributed by atoms with Crippen molar-refractivity contribution in [2.24, 2.45) is 0 Å². The molecule has 39 heavy (non-hydrogen) atoms. The van der Waals surface area contributed by atoms with E-state index >= 15 is 0 Å². The lowest BCUT2D eigenvalue weighted by Gasteiger charge is -2.32. The van der Waals surface area contributed by atoms with Gasteiger partial charge in [-0.25, -0.2) is 9.48 Å². The normalized spacial score (nSPS) is 14.7. The van der Waals surface area contributed by atoms with Crippen LogP contribution in [-0.4, -0.2) is 48.2 Å². The fraction of sp³-hybridized carbons (Fsp3) is 0.214. The van der Waals surface area contributed by atoms with E-state index in [0.717, 1.165) is 23.2 Å². The van der Waals surface area contributed by atoms with Crippen LogP contribution >= 0.6 is 0 Å². The Morgan fingerprint density at radius 2 is 1.64 bits per heavy atom. The number of pyridine rings is 1. The standard InChI is InChI=1S/C28H23F3N6O2/c29-28(30,31)19-5-7-21(8-6-19)37-25(18-9-13-32-14-10-18)17-23(34-37)26(38)35-15-11-20(12-16-35)36-24-4-2-1-3-22(24)33-27(36)39/h1-10,13-14,17,20H,11-12,15-16H2,(H,33,39). The number of piperidine rings is 1. The fourth-order valence-electron chi connectivity index (χ4n) is 5.13. The molecule has 0 radical (unpaired) electrons. The number of aromatic nitrogens is 5. The molecule has 1 amide bonds. The number of hydrogen-bond acceptors (Lipinski definition) is 4. The lowest BCUT2D eigenvalue weighted by atomic mass is 10.0. The van der Waals surface area contributed by atoms with Gasteiger partial charge in [0, 0.05) is 37.1 Å². The maximum absolute atomic E-state index is 13.5. The van der Waals surface area contributed by atoms with E-state index in [0.29, 0.717) is 42.9 Å². The van der Waals surface area contributed by atoms with E-state index in [1.54, 1.807) is 40.1 Å². The Labute approximate surface area is 220 Å². The molecule has 4 heterocycles. The number of H-pyrrole nitrogens is 1. The van der Waals surface area contributed by atoms with Crippen LogP contribution in [0.1, 0.15) is 34.9 Å². The van der Waals surface area contributed by atoms with Crippen molar-refractivity contribution in [2.75, 3.05) is 13.1 Å². The molecular weight excluding hydrogens is 509 g/mol. The summed E-state index contributed by atoms with van der Waals surface area (Å²) >= 11 is 0. The van der Waals surface area contributed by atoms with E-state index in [4.69, 9.17) is 0 Å². The molecule has 6 rings (SSSR count). The molecule has 0 unspecified atom stereocenters. The Bertz CT molecular complexity index is 1700. The SMILES string of the molecule is O=C(c1cc(-c2ccncc2)n(-c2ccc(C(F)(F)F)cc2)n1)N1CCC(n2c(=O)[nH]c3ccccc32)CC1. The number of nitrogens with one attached hydrogen (secondary N) is 1. The average molecular weight is 533 g/mol. The number of nitrogens with zero attached hydrogens (tertiary/aromatic N) is 5. The number of halogens is 3. The number of amides is 1. The number of para-hydroxylation sites is 2. The van der Waals surface area contributed by atoms with Gasteiger partial charge in [0.2, 0.25) is 0 Å². The molecule has 1 aliphatic heterocycles. The molecule has 5 aromatic rings. The zero-order valence-electron chi connectivity index (χ0n) is 20.6. The molecule has 0 aliphatic carbocycles. The van der Waals surface area contributed by atoms with Crippen LogP contribution in [0.4, 0.5) is 13.2 Å². The summed E-state index contributed by atoms with van der Waals surface area (Å²) in [5.41, 5.74) is 2.53. The van der Waals surface area contributed by atoms with Crippen molar-refractivity contribution >= 4 is 16.9 Å². The predicted molar refractivity (Wildman–Crippen MR) is 139 cm³/mol. The van der Waals surface area contributed by atoms with Crippen molar-refractivity contribution in [2.45, 2.75) is 25.1 Å². The molecule has 8 nitrogen and oxygen atoms in total. The number of rotatable bonds is 4. The molecule has 0 atom stereocenters. The highest BCUT2D eigenvalue weighted by Crippen LogP contribution is 2.31. The maximum Gasteiger partial charge on any atom is 0.416 e. The Balaban J connectivity index is 1.27. The zero-order valence-corrected chi connectivity index (χ0v) is 20.6. The summed E-state index contributed by atoms with van der Waals surface area (Å²) in [6.07, 6.45) is -0.0625. The molecule has 3 aromatic heterocycles. The average Bonchev–Trinajstić information content (AvgIpc) is 3.54. The van der Waals surface area contributed by atoms with Crippen molar-refractivity contribution < 1.29 is 18.0 Å². The summed E-state index contributed by atoms with van der Waals surface area (Å²) in [5.74, 6) is -0.277. The molecule has 1 aliphatic rings. The summed E-state index contributed by atoms with van der Waals surface area (Å²) in [6, 6.07) is 17.3. The summed E-state index contributed by atoms with van der Waals surface area (Å²) in [5, 5.41) is 4.51. The van der Waals surface area contributed by atoms with E-state index in [9.17, 15) is 22.8 Å². The number of carbonyl (C=O) groups excluding carboxylic acids is 1. The summed E-state index contributed by atoms with van der Waals surface area (Å²) < 4.78 is 42.5. The molecule has 198 valence electrons. The van der Waals surface area contributed by atoms with Crippen LogP contribution in [0.3, 0.4) is 0 Å². The molecule has 1 N–H and O–H groups in total. The van der Waals surface area contributed by atoms with Crippen LogP contribution in [0, 0.1) is 0 Å². The number of benzene rings is 2. The number of imidazole rings is 1. The van der Waals surface area contributed by atoms with Crippen molar-refractivity contribution in [1.82, 2.24) is 29.2 Å². The topological polar surface area (TPSA) is 88.8 Å². The molecule has 2 aromatic carbocycles. The number of hydrogen-bond donors (Lipinski definition) is 1. The zero-order chi connectivity index (χ0) is 27.1. The van der Waals surface area contributed by atoms with Gasteiger partial charge >= 0.3 is 11.9 Å². The Hall–Kier alpha value is -4.67. The van der Waals surface area contributed by atoms with Crippen molar-refractivity contribution in [3.63, 3.8) is 0 Å². The van der Waals surface area contributed by atoms with Gasteiger partial charge in [0.1, 0.15) is 0 Å². The van der Waals surface area contributed by atoms with Gasteiger partial charge in [-0.3, -0.25) is 14.3 Å². The number of fused-ring (bicyclic) bond motifs is 1. The molecule has 0 spiro atoms. The quantitative estimate of drug-likeness (QED) is 0.350. The third kappa shape index (κ3) is 4.60. The van der Waals surface area contributed by atoms with Gasteiger partial charge in [0.05, 0.1) is 28.0 Å². The van der Waals surface area contributed by atoms with Gasteiger partial charge in [0.25, 0.3) is 5.91 Å². The second-order valence-electron chi connectivity index (χ2n) is 9.45. The molecule has 0 bridgehead atoms. The van der Waals surface area contributed by atoms with E-state index in [2.05, 4.69) is 15.1 Å². The Kier molecular flexibility index (Phi) is 6.05. The molecular formula is C28H23F3N6O2.